The number of anilines is 1. The van der Waals surface area contributed by atoms with Gasteiger partial charge in [0.1, 0.15) is 0 Å². The van der Waals surface area contributed by atoms with E-state index in [9.17, 15) is 9.59 Å². The highest BCUT2D eigenvalue weighted by molar-refractivity contribution is 7.99. The zero-order valence-electron chi connectivity index (χ0n) is 13.2. The van der Waals surface area contributed by atoms with Crippen LogP contribution in [0.25, 0.3) is 0 Å². The Labute approximate surface area is 140 Å². The van der Waals surface area contributed by atoms with Gasteiger partial charge in [-0.3, -0.25) is 9.59 Å². The van der Waals surface area contributed by atoms with Gasteiger partial charge in [-0.1, -0.05) is 12.1 Å². The molecule has 0 aliphatic carbocycles. The minimum absolute atomic E-state index is 0.0348. The first-order valence-corrected chi connectivity index (χ1v) is 8.67. The molecule has 2 N–H and O–H groups in total. The van der Waals surface area contributed by atoms with Crippen molar-refractivity contribution in [2.75, 3.05) is 37.9 Å². The van der Waals surface area contributed by atoms with Gasteiger partial charge in [0, 0.05) is 30.4 Å². The van der Waals surface area contributed by atoms with Gasteiger partial charge in [-0.2, -0.15) is 0 Å². The number of morpholine rings is 1. The summed E-state index contributed by atoms with van der Waals surface area (Å²) in [6.45, 7) is 2.05. The first-order valence-electron chi connectivity index (χ1n) is 7.52. The number of nitrogens with one attached hydrogen (secondary N) is 2. The van der Waals surface area contributed by atoms with Crippen molar-refractivity contribution in [1.82, 2.24) is 5.32 Å². The van der Waals surface area contributed by atoms with Crippen molar-refractivity contribution in [1.29, 1.82) is 0 Å². The van der Waals surface area contributed by atoms with Crippen LogP contribution in [0.3, 0.4) is 0 Å². The molecule has 1 heterocycles. The lowest BCUT2D eigenvalue weighted by atomic mass is 10.1. The summed E-state index contributed by atoms with van der Waals surface area (Å²) in [5.74, 6) is 0.742. The van der Waals surface area contributed by atoms with Crippen LogP contribution in [-0.4, -0.2) is 50.5 Å². The maximum Gasteiger partial charge on any atom is 0.315 e. The average Bonchev–Trinajstić information content (AvgIpc) is 2.56. The normalized spacial score (nSPS) is 17.5. The SMILES string of the molecule is COC(=O)CSCc1cccc(NC(=O)CC2COCCN2)c1. The van der Waals surface area contributed by atoms with Crippen LogP contribution >= 0.6 is 11.8 Å². The molecule has 0 radical (unpaired) electrons. The maximum atomic E-state index is 12.1. The number of thioether (sulfide) groups is 1. The second-order valence-corrected chi connectivity index (χ2v) is 6.23. The predicted molar refractivity (Wildman–Crippen MR) is 90.5 cm³/mol. The van der Waals surface area contributed by atoms with Crippen LogP contribution in [-0.2, 0) is 24.8 Å². The Hall–Kier alpha value is -1.57. The van der Waals surface area contributed by atoms with Crippen LogP contribution in [0.5, 0.6) is 0 Å². The van der Waals surface area contributed by atoms with E-state index < -0.39 is 0 Å². The third-order valence-corrected chi connectivity index (χ3v) is 4.33. The second kappa shape index (κ2) is 9.54. The molecule has 6 nitrogen and oxygen atoms in total. The fraction of sp³-hybridized carbons (Fsp3) is 0.500. The molecule has 0 saturated carbocycles. The van der Waals surface area contributed by atoms with Gasteiger partial charge < -0.3 is 20.1 Å². The number of carbonyl (C=O) groups excluding carboxylic acids is 2. The van der Waals surface area contributed by atoms with Gasteiger partial charge in [-0.25, -0.2) is 0 Å². The van der Waals surface area contributed by atoms with E-state index in [-0.39, 0.29) is 17.9 Å². The Bertz CT molecular complexity index is 533. The molecule has 23 heavy (non-hydrogen) atoms. The second-order valence-electron chi connectivity index (χ2n) is 5.25. The molecule has 1 aromatic carbocycles. The van der Waals surface area contributed by atoms with Crippen molar-refractivity contribution < 1.29 is 19.1 Å². The molecule has 0 aromatic heterocycles. The van der Waals surface area contributed by atoms with E-state index in [0.29, 0.717) is 31.1 Å². The first kappa shape index (κ1) is 17.8. The zero-order chi connectivity index (χ0) is 16.5. The predicted octanol–water partition coefficient (Wildman–Crippen LogP) is 1.41. The van der Waals surface area contributed by atoms with E-state index in [1.54, 1.807) is 0 Å². The monoisotopic (exact) mass is 338 g/mol. The van der Waals surface area contributed by atoms with E-state index >= 15 is 0 Å². The minimum Gasteiger partial charge on any atom is -0.468 e. The molecule has 126 valence electrons. The van der Waals surface area contributed by atoms with Crippen molar-refractivity contribution in [2.24, 2.45) is 0 Å². The summed E-state index contributed by atoms with van der Waals surface area (Å²) in [4.78, 5) is 23.1. The zero-order valence-corrected chi connectivity index (χ0v) is 14.0. The van der Waals surface area contributed by atoms with Gasteiger partial charge in [0.2, 0.25) is 5.91 Å². The lowest BCUT2D eigenvalue weighted by Gasteiger charge is -2.23. The van der Waals surface area contributed by atoms with E-state index in [1.807, 2.05) is 24.3 Å². The van der Waals surface area contributed by atoms with Gasteiger partial charge >= 0.3 is 5.97 Å². The number of hydrogen-bond acceptors (Lipinski definition) is 6. The lowest BCUT2D eigenvalue weighted by Crippen LogP contribution is -2.43. The lowest BCUT2D eigenvalue weighted by molar-refractivity contribution is -0.137. The quantitative estimate of drug-likeness (QED) is 0.732. The van der Waals surface area contributed by atoms with Crippen LogP contribution in [0, 0.1) is 0 Å². The van der Waals surface area contributed by atoms with E-state index in [2.05, 4.69) is 15.4 Å². The Morgan fingerprint density at radius 3 is 3.09 bits per heavy atom. The van der Waals surface area contributed by atoms with Crippen LogP contribution in [0.4, 0.5) is 5.69 Å². The van der Waals surface area contributed by atoms with Crippen molar-refractivity contribution in [2.45, 2.75) is 18.2 Å². The van der Waals surface area contributed by atoms with Crippen LogP contribution in [0.1, 0.15) is 12.0 Å². The molecule has 0 bridgehead atoms. The number of esters is 1. The molecule has 0 spiro atoms. The summed E-state index contributed by atoms with van der Waals surface area (Å²) >= 11 is 1.48. The average molecular weight is 338 g/mol. The topological polar surface area (TPSA) is 76.7 Å². The Kier molecular flexibility index (Phi) is 7.38. The third-order valence-electron chi connectivity index (χ3n) is 3.36. The molecular weight excluding hydrogens is 316 g/mol. The van der Waals surface area contributed by atoms with Crippen LogP contribution in [0.2, 0.25) is 0 Å². The molecule has 1 amide bonds. The summed E-state index contributed by atoms with van der Waals surface area (Å²) in [5.41, 5.74) is 1.82. The summed E-state index contributed by atoms with van der Waals surface area (Å²) < 4.78 is 9.95. The minimum atomic E-state index is -0.235. The molecule has 1 aromatic rings. The summed E-state index contributed by atoms with van der Waals surface area (Å²) in [7, 11) is 1.38. The van der Waals surface area contributed by atoms with Gasteiger partial charge in [0.25, 0.3) is 0 Å². The first-order chi connectivity index (χ1) is 11.2. The molecule has 2 rings (SSSR count). The number of rotatable bonds is 7. The molecule has 1 saturated heterocycles. The smallest absolute Gasteiger partial charge is 0.315 e. The van der Waals surface area contributed by atoms with E-state index in [4.69, 9.17) is 4.74 Å². The fourth-order valence-electron chi connectivity index (χ4n) is 2.24. The molecule has 1 aliphatic rings. The maximum absolute atomic E-state index is 12.1. The fourth-order valence-corrected chi connectivity index (χ4v) is 3.04. The summed E-state index contributed by atoms with van der Waals surface area (Å²) in [5, 5.41) is 6.16. The molecular formula is C16H22N2O4S. The van der Waals surface area contributed by atoms with Crippen LogP contribution < -0.4 is 10.6 Å². The Balaban J connectivity index is 1.79. The van der Waals surface area contributed by atoms with Crippen molar-refractivity contribution in [3.8, 4) is 0 Å². The highest BCUT2D eigenvalue weighted by atomic mass is 32.2. The number of carbonyl (C=O) groups is 2. The van der Waals surface area contributed by atoms with E-state index in [0.717, 1.165) is 17.8 Å². The third kappa shape index (κ3) is 6.60. The number of amides is 1. The van der Waals surface area contributed by atoms with Gasteiger partial charge in [0.05, 0.1) is 26.1 Å². The van der Waals surface area contributed by atoms with Gasteiger partial charge in [-0.05, 0) is 17.7 Å². The van der Waals surface area contributed by atoms with E-state index in [1.165, 1.54) is 18.9 Å². The largest absolute Gasteiger partial charge is 0.468 e. The number of hydrogen-bond donors (Lipinski definition) is 2. The number of ether oxygens (including phenoxy) is 2. The molecule has 1 aliphatic heterocycles. The molecule has 7 heteroatoms. The standard InChI is InChI=1S/C16H22N2O4S/c1-21-16(20)11-23-10-12-3-2-4-13(7-12)18-15(19)8-14-9-22-6-5-17-14/h2-4,7,14,17H,5-6,8-11H2,1H3,(H,18,19). The molecule has 1 unspecified atom stereocenters. The van der Waals surface area contributed by atoms with Crippen molar-refractivity contribution in [3.05, 3.63) is 29.8 Å². The molecule has 1 atom stereocenters. The Morgan fingerprint density at radius 2 is 2.35 bits per heavy atom. The summed E-state index contributed by atoms with van der Waals surface area (Å²) in [6.07, 6.45) is 0.390. The van der Waals surface area contributed by atoms with Gasteiger partial charge in [0.15, 0.2) is 0 Å². The molecule has 1 fully saturated rings. The number of methoxy groups -OCH3 is 1. The highest BCUT2D eigenvalue weighted by Gasteiger charge is 2.16. The van der Waals surface area contributed by atoms with Crippen molar-refractivity contribution >= 4 is 29.3 Å². The van der Waals surface area contributed by atoms with Crippen LogP contribution in [0.15, 0.2) is 24.3 Å². The summed E-state index contributed by atoms with van der Waals surface area (Å²) in [6, 6.07) is 7.72. The number of benzene rings is 1. The van der Waals surface area contributed by atoms with Gasteiger partial charge in [-0.15, -0.1) is 11.8 Å². The highest BCUT2D eigenvalue weighted by Crippen LogP contribution is 2.17. The Morgan fingerprint density at radius 1 is 1.48 bits per heavy atom. The van der Waals surface area contributed by atoms with Crippen molar-refractivity contribution in [3.63, 3.8) is 0 Å².